The van der Waals surface area contributed by atoms with Crippen LogP contribution in [0.1, 0.15) is 11.7 Å². The molecule has 0 aliphatic rings. The normalized spacial score (nSPS) is 12.3. The van der Waals surface area contributed by atoms with E-state index in [0.717, 1.165) is 10.9 Å². The van der Waals surface area contributed by atoms with Crippen LogP contribution < -0.4 is 4.74 Å². The van der Waals surface area contributed by atoms with E-state index in [1.165, 1.54) is 0 Å². The van der Waals surface area contributed by atoms with Gasteiger partial charge < -0.3 is 9.84 Å². The van der Waals surface area contributed by atoms with Crippen LogP contribution in [0.2, 0.25) is 10.0 Å². The maximum atomic E-state index is 10.2. The summed E-state index contributed by atoms with van der Waals surface area (Å²) in [6.07, 6.45) is 0.938. The van der Waals surface area contributed by atoms with Crippen LogP contribution in [-0.2, 0) is 0 Å². The van der Waals surface area contributed by atoms with Gasteiger partial charge in [0.05, 0.1) is 5.02 Å². The number of nitrogens with zero attached hydrogens (tertiary/aromatic N) is 1. The summed E-state index contributed by atoms with van der Waals surface area (Å²) in [5, 5.41) is 12.3. The van der Waals surface area contributed by atoms with Gasteiger partial charge >= 0.3 is 0 Å². The third kappa shape index (κ3) is 3.17. The quantitative estimate of drug-likeness (QED) is 0.755. The number of halogens is 2. The van der Waals surface area contributed by atoms with Gasteiger partial charge in [-0.15, -0.1) is 0 Å². The number of pyridine rings is 1. The van der Waals surface area contributed by atoms with E-state index in [0.29, 0.717) is 21.3 Å². The summed E-state index contributed by atoms with van der Waals surface area (Å²) in [4.78, 5) is 4.30. The Morgan fingerprint density at radius 1 is 1.05 bits per heavy atom. The van der Waals surface area contributed by atoms with Gasteiger partial charge in [0.25, 0.3) is 0 Å². The SMILES string of the molecule is OC(COc1ccc(Cl)c2cccnc12)c1ccc(Cl)cc1. The molecule has 0 spiro atoms. The number of benzene rings is 2. The molecular weight excluding hydrogens is 321 g/mol. The van der Waals surface area contributed by atoms with E-state index in [1.807, 2.05) is 12.1 Å². The van der Waals surface area contributed by atoms with Crippen molar-refractivity contribution in [3.63, 3.8) is 0 Å². The first-order chi connectivity index (χ1) is 10.6. The van der Waals surface area contributed by atoms with Crippen molar-refractivity contribution in [1.29, 1.82) is 0 Å². The molecule has 1 N–H and O–H groups in total. The second kappa shape index (κ2) is 6.53. The second-order valence-corrected chi connectivity index (χ2v) is 5.67. The van der Waals surface area contributed by atoms with Crippen molar-refractivity contribution in [1.82, 2.24) is 4.98 Å². The van der Waals surface area contributed by atoms with Gasteiger partial charge in [-0.1, -0.05) is 35.3 Å². The summed E-state index contributed by atoms with van der Waals surface area (Å²) in [6.45, 7) is 0.120. The van der Waals surface area contributed by atoms with Gasteiger partial charge in [-0.25, -0.2) is 0 Å². The Labute approximate surface area is 138 Å². The highest BCUT2D eigenvalue weighted by Crippen LogP contribution is 2.30. The molecule has 0 aliphatic carbocycles. The lowest BCUT2D eigenvalue weighted by Crippen LogP contribution is -2.10. The molecule has 0 saturated heterocycles. The van der Waals surface area contributed by atoms with Crippen molar-refractivity contribution >= 4 is 34.1 Å². The van der Waals surface area contributed by atoms with Crippen molar-refractivity contribution in [3.8, 4) is 5.75 Å². The maximum Gasteiger partial charge on any atom is 0.145 e. The van der Waals surface area contributed by atoms with Crippen LogP contribution in [-0.4, -0.2) is 16.7 Å². The number of rotatable bonds is 4. The summed E-state index contributed by atoms with van der Waals surface area (Å²) < 4.78 is 5.72. The van der Waals surface area contributed by atoms with Crippen LogP contribution in [0.15, 0.2) is 54.7 Å². The lowest BCUT2D eigenvalue weighted by molar-refractivity contribution is 0.109. The van der Waals surface area contributed by atoms with Crippen molar-refractivity contribution in [3.05, 3.63) is 70.3 Å². The molecule has 2 aromatic carbocycles. The average Bonchev–Trinajstić information content (AvgIpc) is 2.55. The number of ether oxygens (including phenoxy) is 1. The zero-order valence-corrected chi connectivity index (χ0v) is 13.1. The van der Waals surface area contributed by atoms with E-state index < -0.39 is 6.10 Å². The van der Waals surface area contributed by atoms with Crippen molar-refractivity contribution in [2.45, 2.75) is 6.10 Å². The Bertz CT molecular complexity index is 790. The minimum absolute atomic E-state index is 0.120. The molecule has 3 aromatic rings. The number of hydrogen-bond acceptors (Lipinski definition) is 3. The molecule has 1 atom stereocenters. The largest absolute Gasteiger partial charge is 0.488 e. The van der Waals surface area contributed by atoms with E-state index in [-0.39, 0.29) is 6.61 Å². The molecule has 3 nitrogen and oxygen atoms in total. The highest BCUT2D eigenvalue weighted by molar-refractivity contribution is 6.35. The monoisotopic (exact) mass is 333 g/mol. The molecule has 0 radical (unpaired) electrons. The molecule has 112 valence electrons. The second-order valence-electron chi connectivity index (χ2n) is 4.82. The third-order valence-corrected chi connectivity index (χ3v) is 3.91. The topological polar surface area (TPSA) is 42.4 Å². The first kappa shape index (κ1) is 15.1. The first-order valence-electron chi connectivity index (χ1n) is 6.75. The molecule has 0 fully saturated rings. The standard InChI is InChI=1S/C17H13Cl2NO2/c18-12-5-3-11(4-6-12)15(21)10-22-16-8-7-14(19)13-2-1-9-20-17(13)16/h1-9,15,21H,10H2. The Balaban J connectivity index is 1.79. The van der Waals surface area contributed by atoms with E-state index in [1.54, 1.807) is 42.6 Å². The Hall–Kier alpha value is -1.81. The van der Waals surface area contributed by atoms with E-state index >= 15 is 0 Å². The van der Waals surface area contributed by atoms with Gasteiger partial charge in [0.1, 0.15) is 24.0 Å². The van der Waals surface area contributed by atoms with Gasteiger partial charge in [0.15, 0.2) is 0 Å². The third-order valence-electron chi connectivity index (χ3n) is 3.33. The van der Waals surface area contributed by atoms with E-state index in [2.05, 4.69) is 4.98 Å². The Morgan fingerprint density at radius 3 is 2.59 bits per heavy atom. The molecule has 5 heteroatoms. The van der Waals surface area contributed by atoms with Crippen LogP contribution in [0, 0.1) is 0 Å². The highest BCUT2D eigenvalue weighted by atomic mass is 35.5. The average molecular weight is 334 g/mol. The van der Waals surface area contributed by atoms with Crippen LogP contribution in [0.3, 0.4) is 0 Å². The molecule has 0 aliphatic heterocycles. The summed E-state index contributed by atoms with van der Waals surface area (Å²) in [6, 6.07) is 14.2. The van der Waals surface area contributed by atoms with Gasteiger partial charge in [-0.05, 0) is 42.0 Å². The molecule has 1 aromatic heterocycles. The van der Waals surface area contributed by atoms with Gasteiger partial charge in [-0.3, -0.25) is 4.98 Å². The number of fused-ring (bicyclic) bond motifs is 1. The Kier molecular flexibility index (Phi) is 4.48. The Morgan fingerprint density at radius 2 is 1.82 bits per heavy atom. The number of aromatic nitrogens is 1. The number of aliphatic hydroxyl groups is 1. The molecule has 1 unspecified atom stereocenters. The van der Waals surface area contributed by atoms with Crippen molar-refractivity contribution in [2.75, 3.05) is 6.61 Å². The van der Waals surface area contributed by atoms with Crippen LogP contribution in [0.5, 0.6) is 5.75 Å². The number of hydrogen-bond donors (Lipinski definition) is 1. The number of aliphatic hydroxyl groups excluding tert-OH is 1. The minimum atomic E-state index is -0.744. The minimum Gasteiger partial charge on any atom is -0.488 e. The smallest absolute Gasteiger partial charge is 0.145 e. The summed E-state index contributed by atoms with van der Waals surface area (Å²) in [5.41, 5.74) is 1.42. The summed E-state index contributed by atoms with van der Waals surface area (Å²) in [5.74, 6) is 0.591. The van der Waals surface area contributed by atoms with Gasteiger partial charge in [0, 0.05) is 16.6 Å². The molecule has 1 heterocycles. The predicted octanol–water partition coefficient (Wildman–Crippen LogP) is 4.65. The first-order valence-corrected chi connectivity index (χ1v) is 7.50. The van der Waals surface area contributed by atoms with Crippen molar-refractivity contribution < 1.29 is 9.84 Å². The molecule has 0 saturated carbocycles. The zero-order valence-electron chi connectivity index (χ0n) is 11.5. The van der Waals surface area contributed by atoms with Crippen LogP contribution in [0.4, 0.5) is 0 Å². The highest BCUT2D eigenvalue weighted by Gasteiger charge is 2.11. The van der Waals surface area contributed by atoms with Crippen LogP contribution in [0.25, 0.3) is 10.9 Å². The van der Waals surface area contributed by atoms with Crippen molar-refractivity contribution in [2.24, 2.45) is 0 Å². The zero-order chi connectivity index (χ0) is 15.5. The molecule has 3 rings (SSSR count). The summed E-state index contributed by atoms with van der Waals surface area (Å²) >= 11 is 12.0. The van der Waals surface area contributed by atoms with Gasteiger partial charge in [-0.2, -0.15) is 0 Å². The fourth-order valence-corrected chi connectivity index (χ4v) is 2.52. The fraction of sp³-hybridized carbons (Fsp3) is 0.118. The molecular formula is C17H13Cl2NO2. The predicted molar refractivity (Wildman–Crippen MR) is 88.7 cm³/mol. The molecule has 0 bridgehead atoms. The maximum absolute atomic E-state index is 10.2. The summed E-state index contributed by atoms with van der Waals surface area (Å²) in [7, 11) is 0. The fourth-order valence-electron chi connectivity index (χ4n) is 2.18. The van der Waals surface area contributed by atoms with Crippen LogP contribution >= 0.6 is 23.2 Å². The van der Waals surface area contributed by atoms with E-state index in [4.69, 9.17) is 27.9 Å². The molecule has 0 amide bonds. The lowest BCUT2D eigenvalue weighted by Gasteiger charge is -2.14. The van der Waals surface area contributed by atoms with E-state index in [9.17, 15) is 5.11 Å². The lowest BCUT2D eigenvalue weighted by atomic mass is 10.1. The van der Waals surface area contributed by atoms with Gasteiger partial charge in [0.2, 0.25) is 0 Å². The molecule has 22 heavy (non-hydrogen) atoms.